The number of methoxy groups -OCH3 is 1. The fraction of sp³-hybridized carbons (Fsp3) is 0.381. The maximum atomic E-state index is 11.9. The van der Waals surface area contributed by atoms with Gasteiger partial charge in [-0.25, -0.2) is 9.78 Å². The van der Waals surface area contributed by atoms with Gasteiger partial charge in [-0.1, -0.05) is 6.07 Å². The molecule has 0 bridgehead atoms. The van der Waals surface area contributed by atoms with Crippen molar-refractivity contribution in [3.8, 4) is 0 Å². The van der Waals surface area contributed by atoms with E-state index < -0.39 is 0 Å². The number of pyridine rings is 2. The Morgan fingerprint density at radius 1 is 1.21 bits per heavy atom. The van der Waals surface area contributed by atoms with Crippen molar-refractivity contribution in [3.05, 3.63) is 42.2 Å². The number of nitrogens with zero attached hydrogens (tertiary/aromatic N) is 2. The predicted molar refractivity (Wildman–Crippen MR) is 111 cm³/mol. The Morgan fingerprint density at radius 3 is 2.86 bits per heavy atom. The number of anilines is 1. The van der Waals surface area contributed by atoms with Gasteiger partial charge in [0.05, 0.1) is 24.8 Å². The lowest BCUT2D eigenvalue weighted by molar-refractivity contribution is 0.0601. The van der Waals surface area contributed by atoms with E-state index in [-0.39, 0.29) is 12.0 Å². The summed E-state index contributed by atoms with van der Waals surface area (Å²) in [6, 6.07) is 7.38. The molecule has 2 heterocycles. The van der Waals surface area contributed by atoms with Crippen molar-refractivity contribution in [2.75, 3.05) is 32.2 Å². The number of benzene rings is 1. The Kier molecular flexibility index (Phi) is 6.73. The van der Waals surface area contributed by atoms with Crippen LogP contribution in [0.3, 0.4) is 0 Å². The van der Waals surface area contributed by atoms with Gasteiger partial charge in [-0.3, -0.25) is 4.98 Å². The highest BCUT2D eigenvalue weighted by molar-refractivity contribution is 6.10. The second-order valence-electron chi connectivity index (χ2n) is 6.72. The smallest absolute Gasteiger partial charge is 0.337 e. The van der Waals surface area contributed by atoms with Gasteiger partial charge in [-0.05, 0) is 44.5 Å². The molecule has 0 fully saturated rings. The van der Waals surface area contributed by atoms with Crippen molar-refractivity contribution in [2.24, 2.45) is 5.73 Å². The molecule has 0 radical (unpaired) electrons. The van der Waals surface area contributed by atoms with Crippen molar-refractivity contribution < 1.29 is 14.3 Å². The zero-order chi connectivity index (χ0) is 19.9. The average Bonchev–Trinajstić information content (AvgIpc) is 2.72. The molecule has 0 aliphatic rings. The van der Waals surface area contributed by atoms with Crippen LogP contribution in [0.1, 0.15) is 30.1 Å². The number of carbonyl (C=O) groups excluding carboxylic acids is 1. The number of carbonyl (C=O) groups is 1. The van der Waals surface area contributed by atoms with Crippen molar-refractivity contribution >= 4 is 33.5 Å². The molecule has 3 N–H and O–H groups in total. The summed E-state index contributed by atoms with van der Waals surface area (Å²) in [5.74, 6) is 0.355. The van der Waals surface area contributed by atoms with Gasteiger partial charge in [0.1, 0.15) is 5.82 Å². The summed E-state index contributed by atoms with van der Waals surface area (Å²) >= 11 is 0. The maximum Gasteiger partial charge on any atom is 0.337 e. The first-order valence-electron chi connectivity index (χ1n) is 9.44. The van der Waals surface area contributed by atoms with Crippen molar-refractivity contribution in [1.82, 2.24) is 9.97 Å². The van der Waals surface area contributed by atoms with Crippen LogP contribution in [0.25, 0.3) is 21.7 Å². The first-order valence-corrected chi connectivity index (χ1v) is 9.44. The summed E-state index contributed by atoms with van der Waals surface area (Å²) in [4.78, 5) is 20.9. The highest BCUT2D eigenvalue weighted by Gasteiger charge is 2.13. The Balaban J connectivity index is 1.88. The van der Waals surface area contributed by atoms with Gasteiger partial charge in [-0.15, -0.1) is 0 Å². The van der Waals surface area contributed by atoms with Crippen LogP contribution in [-0.2, 0) is 9.47 Å². The number of aromatic nitrogens is 2. The minimum Gasteiger partial charge on any atom is -0.465 e. The van der Waals surface area contributed by atoms with Gasteiger partial charge in [-0.2, -0.15) is 0 Å². The summed E-state index contributed by atoms with van der Waals surface area (Å²) in [5.41, 5.74) is 6.67. The molecule has 2 aromatic heterocycles. The highest BCUT2D eigenvalue weighted by Crippen LogP contribution is 2.29. The number of unbranched alkanes of at least 4 members (excludes halogenated alkanes) is 1. The van der Waals surface area contributed by atoms with Crippen LogP contribution in [0.2, 0.25) is 0 Å². The van der Waals surface area contributed by atoms with Gasteiger partial charge in [0.25, 0.3) is 0 Å². The summed E-state index contributed by atoms with van der Waals surface area (Å²) in [7, 11) is 1.37. The van der Waals surface area contributed by atoms with Gasteiger partial charge in [0.2, 0.25) is 0 Å². The van der Waals surface area contributed by atoms with E-state index >= 15 is 0 Å². The predicted octanol–water partition coefficient (Wildman–Crippen LogP) is 3.13. The molecule has 3 aromatic rings. The molecule has 28 heavy (non-hydrogen) atoms. The number of nitrogens with two attached hydrogens (primary N) is 1. The quantitative estimate of drug-likeness (QED) is 0.333. The van der Waals surface area contributed by atoms with Crippen molar-refractivity contribution in [2.45, 2.75) is 25.8 Å². The molecule has 1 atom stereocenters. The van der Waals surface area contributed by atoms with E-state index in [1.807, 2.05) is 25.3 Å². The number of nitrogens with one attached hydrogen (secondary N) is 1. The lowest BCUT2D eigenvalue weighted by Gasteiger charge is -2.17. The largest absolute Gasteiger partial charge is 0.465 e. The number of hydrogen-bond acceptors (Lipinski definition) is 7. The normalized spacial score (nSPS) is 12.2. The van der Waals surface area contributed by atoms with E-state index in [4.69, 9.17) is 20.2 Å². The second-order valence-corrected chi connectivity index (χ2v) is 6.72. The topological polar surface area (TPSA) is 99.4 Å². The van der Waals surface area contributed by atoms with Crippen LogP contribution < -0.4 is 11.1 Å². The molecule has 1 aromatic carbocycles. The molecule has 1 unspecified atom stereocenters. The Bertz CT molecular complexity index is 961. The van der Waals surface area contributed by atoms with Crippen LogP contribution in [0.5, 0.6) is 0 Å². The SMILES string of the molecule is COC(=O)c1ccc2c(c1)nc(NC(C)COCCCCN)c1ccncc12. The Hall–Kier alpha value is -2.77. The number of hydrogen-bond donors (Lipinski definition) is 2. The number of rotatable bonds is 9. The van der Waals surface area contributed by atoms with E-state index in [2.05, 4.69) is 10.3 Å². The summed E-state index contributed by atoms with van der Waals surface area (Å²) < 4.78 is 10.5. The second kappa shape index (κ2) is 9.43. The molecule has 7 heteroatoms. The first kappa shape index (κ1) is 20.0. The lowest BCUT2D eigenvalue weighted by atomic mass is 10.1. The van der Waals surface area contributed by atoms with Gasteiger partial charge in [0, 0.05) is 41.2 Å². The first-order chi connectivity index (χ1) is 13.6. The summed E-state index contributed by atoms with van der Waals surface area (Å²) in [6.07, 6.45) is 5.49. The number of esters is 1. The minimum absolute atomic E-state index is 0.0722. The zero-order valence-electron chi connectivity index (χ0n) is 16.3. The van der Waals surface area contributed by atoms with Gasteiger partial charge < -0.3 is 20.5 Å². The maximum absolute atomic E-state index is 11.9. The third kappa shape index (κ3) is 4.55. The third-order valence-electron chi connectivity index (χ3n) is 4.51. The molecule has 0 spiro atoms. The number of fused-ring (bicyclic) bond motifs is 3. The lowest BCUT2D eigenvalue weighted by Crippen LogP contribution is -2.23. The molecular weight excluding hydrogens is 356 g/mol. The van der Waals surface area contributed by atoms with Crippen LogP contribution >= 0.6 is 0 Å². The molecule has 0 amide bonds. The number of ether oxygens (including phenoxy) is 2. The van der Waals surface area contributed by atoms with E-state index in [1.54, 1.807) is 18.3 Å². The molecule has 0 saturated heterocycles. The van der Waals surface area contributed by atoms with Crippen LogP contribution in [0.15, 0.2) is 36.7 Å². The van der Waals surface area contributed by atoms with Gasteiger partial charge >= 0.3 is 5.97 Å². The molecule has 148 valence electrons. The Labute approximate surface area is 164 Å². The van der Waals surface area contributed by atoms with Crippen LogP contribution in [-0.4, -0.2) is 48.8 Å². The minimum atomic E-state index is -0.385. The van der Waals surface area contributed by atoms with E-state index in [9.17, 15) is 4.79 Å². The molecule has 0 saturated carbocycles. The average molecular weight is 382 g/mol. The van der Waals surface area contributed by atoms with Gasteiger partial charge in [0.15, 0.2) is 0 Å². The molecule has 3 rings (SSSR count). The van der Waals surface area contributed by atoms with Crippen molar-refractivity contribution in [3.63, 3.8) is 0 Å². The van der Waals surface area contributed by atoms with E-state index in [1.165, 1.54) is 7.11 Å². The van der Waals surface area contributed by atoms with E-state index in [0.29, 0.717) is 30.8 Å². The monoisotopic (exact) mass is 382 g/mol. The zero-order valence-corrected chi connectivity index (χ0v) is 16.3. The van der Waals surface area contributed by atoms with Crippen LogP contribution in [0.4, 0.5) is 5.82 Å². The highest BCUT2D eigenvalue weighted by atomic mass is 16.5. The molecule has 0 aliphatic carbocycles. The van der Waals surface area contributed by atoms with Crippen molar-refractivity contribution in [1.29, 1.82) is 0 Å². The fourth-order valence-corrected chi connectivity index (χ4v) is 3.09. The molecule has 7 nitrogen and oxygen atoms in total. The molecular formula is C21H26N4O3. The third-order valence-corrected chi connectivity index (χ3v) is 4.51. The summed E-state index contributed by atoms with van der Waals surface area (Å²) in [5, 5.41) is 6.31. The standard InChI is InChI=1S/C21H26N4O3/c1-14(13-28-10-4-3-8-22)24-20-17-7-9-23-12-18(17)16-6-5-15(21(26)27-2)11-19(16)25-20/h5-7,9,11-12,14H,3-4,8,10,13,22H2,1-2H3,(H,24,25). The Morgan fingerprint density at radius 2 is 2.07 bits per heavy atom. The summed E-state index contributed by atoms with van der Waals surface area (Å²) in [6.45, 7) is 4.00. The molecule has 0 aliphatic heterocycles. The van der Waals surface area contributed by atoms with E-state index in [0.717, 1.165) is 34.8 Å². The van der Waals surface area contributed by atoms with Crippen LogP contribution in [0, 0.1) is 0 Å². The fourth-order valence-electron chi connectivity index (χ4n) is 3.09.